The van der Waals surface area contributed by atoms with Crippen molar-refractivity contribution in [2.45, 2.75) is 31.7 Å². The number of hydrogen-bond acceptors (Lipinski definition) is 1. The summed E-state index contributed by atoms with van der Waals surface area (Å²) in [5.74, 6) is 0.557. The Labute approximate surface area is 137 Å². The van der Waals surface area contributed by atoms with E-state index in [0.717, 1.165) is 25.7 Å². The van der Waals surface area contributed by atoms with Crippen LogP contribution in [0.5, 0.6) is 0 Å². The van der Waals surface area contributed by atoms with Crippen molar-refractivity contribution in [3.05, 3.63) is 71.8 Å². The number of nitrogens with zero attached hydrogens (tertiary/aromatic N) is 1. The first kappa shape index (κ1) is 15.6. The van der Waals surface area contributed by atoms with Crippen LogP contribution in [0.25, 0.3) is 0 Å². The molecule has 1 N–H and O–H groups in total. The van der Waals surface area contributed by atoms with E-state index in [0.29, 0.717) is 12.5 Å². The molecule has 1 aliphatic rings. The van der Waals surface area contributed by atoms with Crippen LogP contribution in [0.1, 0.15) is 24.0 Å². The molecule has 2 aromatic carbocycles. The van der Waals surface area contributed by atoms with Crippen LogP contribution in [0, 0.1) is 5.92 Å². The minimum atomic E-state index is -0.788. The van der Waals surface area contributed by atoms with Gasteiger partial charge in [-0.15, -0.1) is 0 Å². The lowest BCUT2D eigenvalue weighted by atomic mass is 9.84. The van der Waals surface area contributed by atoms with Crippen molar-refractivity contribution >= 4 is 6.09 Å². The summed E-state index contributed by atoms with van der Waals surface area (Å²) in [6.07, 6.45) is 2.95. The monoisotopic (exact) mass is 309 g/mol. The van der Waals surface area contributed by atoms with E-state index >= 15 is 0 Å². The second kappa shape index (κ2) is 7.32. The highest BCUT2D eigenvalue weighted by Crippen LogP contribution is 2.28. The molecule has 2 atom stereocenters. The van der Waals surface area contributed by atoms with Gasteiger partial charge in [0.25, 0.3) is 0 Å². The zero-order chi connectivity index (χ0) is 16.1. The molecule has 1 amide bonds. The maximum Gasteiger partial charge on any atom is 0.407 e. The van der Waals surface area contributed by atoms with Crippen LogP contribution >= 0.6 is 0 Å². The first-order valence-electron chi connectivity index (χ1n) is 8.30. The first-order chi connectivity index (χ1) is 11.2. The van der Waals surface area contributed by atoms with Gasteiger partial charge in [0.1, 0.15) is 0 Å². The molecular weight excluding hydrogens is 286 g/mol. The predicted octanol–water partition coefficient (Wildman–Crippen LogP) is 4.23. The summed E-state index contributed by atoms with van der Waals surface area (Å²) in [5.41, 5.74) is 2.56. The molecule has 0 spiro atoms. The lowest BCUT2D eigenvalue weighted by Gasteiger charge is -2.38. The van der Waals surface area contributed by atoms with E-state index < -0.39 is 6.09 Å². The van der Waals surface area contributed by atoms with Crippen LogP contribution in [0.15, 0.2) is 60.7 Å². The summed E-state index contributed by atoms with van der Waals surface area (Å²) < 4.78 is 0. The van der Waals surface area contributed by atoms with Gasteiger partial charge in [0, 0.05) is 12.6 Å². The second-order valence-electron chi connectivity index (χ2n) is 6.40. The molecule has 1 heterocycles. The minimum Gasteiger partial charge on any atom is -0.465 e. The Morgan fingerprint density at radius 3 is 2.09 bits per heavy atom. The number of amides is 1. The maximum absolute atomic E-state index is 11.5. The lowest BCUT2D eigenvalue weighted by Crippen LogP contribution is -2.47. The Morgan fingerprint density at radius 2 is 1.52 bits per heavy atom. The van der Waals surface area contributed by atoms with E-state index in [1.807, 2.05) is 24.3 Å². The Balaban J connectivity index is 1.69. The van der Waals surface area contributed by atoms with Crippen molar-refractivity contribution in [3.8, 4) is 0 Å². The van der Waals surface area contributed by atoms with Crippen molar-refractivity contribution in [2.75, 3.05) is 6.54 Å². The average molecular weight is 309 g/mol. The number of hydrogen-bond donors (Lipinski definition) is 1. The van der Waals surface area contributed by atoms with E-state index in [-0.39, 0.29) is 6.04 Å². The molecule has 2 unspecified atom stereocenters. The number of carboxylic acid groups (broad SMARTS) is 1. The minimum absolute atomic E-state index is 0.0809. The molecule has 0 saturated carbocycles. The molecule has 1 fully saturated rings. The quantitative estimate of drug-likeness (QED) is 0.918. The Bertz CT molecular complexity index is 627. The number of likely N-dealkylation sites (tertiary alicyclic amines) is 1. The summed E-state index contributed by atoms with van der Waals surface area (Å²) in [6.45, 7) is 0.643. The van der Waals surface area contributed by atoms with Crippen molar-refractivity contribution in [1.29, 1.82) is 0 Å². The van der Waals surface area contributed by atoms with Crippen molar-refractivity contribution in [2.24, 2.45) is 5.92 Å². The molecule has 0 aliphatic carbocycles. The van der Waals surface area contributed by atoms with Gasteiger partial charge in [-0.3, -0.25) is 0 Å². The van der Waals surface area contributed by atoms with Gasteiger partial charge >= 0.3 is 6.09 Å². The third-order valence-corrected chi connectivity index (χ3v) is 4.75. The van der Waals surface area contributed by atoms with Gasteiger partial charge < -0.3 is 10.0 Å². The molecule has 23 heavy (non-hydrogen) atoms. The molecular formula is C20H23NO2. The van der Waals surface area contributed by atoms with E-state index in [1.54, 1.807) is 4.90 Å². The summed E-state index contributed by atoms with van der Waals surface area (Å²) in [4.78, 5) is 13.2. The molecule has 3 nitrogen and oxygen atoms in total. The molecule has 0 radical (unpaired) electrons. The molecule has 0 bridgehead atoms. The molecule has 3 heteroatoms. The summed E-state index contributed by atoms with van der Waals surface area (Å²) in [5, 5.41) is 9.49. The highest BCUT2D eigenvalue weighted by atomic mass is 16.4. The number of benzene rings is 2. The molecule has 2 aromatic rings. The van der Waals surface area contributed by atoms with Gasteiger partial charge in [-0.2, -0.15) is 0 Å². The van der Waals surface area contributed by atoms with Crippen LogP contribution in [0.2, 0.25) is 0 Å². The Kier molecular flexibility index (Phi) is 4.96. The molecule has 0 aromatic heterocycles. The molecule has 3 rings (SSSR count). The zero-order valence-electron chi connectivity index (χ0n) is 13.3. The normalized spacial score (nSPS) is 21.1. The van der Waals surface area contributed by atoms with Gasteiger partial charge in [-0.25, -0.2) is 4.79 Å². The number of carbonyl (C=O) groups is 1. The average Bonchev–Trinajstić information content (AvgIpc) is 2.57. The van der Waals surface area contributed by atoms with Crippen LogP contribution < -0.4 is 0 Å². The van der Waals surface area contributed by atoms with Gasteiger partial charge in [0.2, 0.25) is 0 Å². The van der Waals surface area contributed by atoms with Crippen LogP contribution in [-0.2, 0) is 12.8 Å². The van der Waals surface area contributed by atoms with Gasteiger partial charge in [-0.05, 0) is 42.7 Å². The third-order valence-electron chi connectivity index (χ3n) is 4.75. The van der Waals surface area contributed by atoms with Crippen LogP contribution in [-0.4, -0.2) is 28.7 Å². The molecule has 1 aliphatic heterocycles. The Hall–Kier alpha value is -2.29. The van der Waals surface area contributed by atoms with Crippen LogP contribution in [0.4, 0.5) is 4.79 Å². The lowest BCUT2D eigenvalue weighted by molar-refractivity contribution is 0.0896. The summed E-state index contributed by atoms with van der Waals surface area (Å²) in [6, 6.07) is 20.8. The van der Waals surface area contributed by atoms with Gasteiger partial charge in [0.05, 0.1) is 0 Å². The molecule has 1 saturated heterocycles. The third kappa shape index (κ3) is 4.13. The zero-order valence-corrected chi connectivity index (χ0v) is 13.3. The largest absolute Gasteiger partial charge is 0.465 e. The molecule has 120 valence electrons. The summed E-state index contributed by atoms with van der Waals surface area (Å²) >= 11 is 0. The first-order valence-corrected chi connectivity index (χ1v) is 8.30. The summed E-state index contributed by atoms with van der Waals surface area (Å²) in [7, 11) is 0. The smallest absolute Gasteiger partial charge is 0.407 e. The van der Waals surface area contributed by atoms with Gasteiger partial charge in [-0.1, -0.05) is 60.7 Å². The highest BCUT2D eigenvalue weighted by Gasteiger charge is 2.31. The maximum atomic E-state index is 11.5. The van der Waals surface area contributed by atoms with Gasteiger partial charge in [0.15, 0.2) is 0 Å². The number of piperidine rings is 1. The standard InChI is InChI=1S/C20H23NO2/c22-20(23)21-12-11-18(13-16-7-3-1-4-8-16)15-19(21)14-17-9-5-2-6-10-17/h1-10,18-19H,11-15H2,(H,22,23). The van der Waals surface area contributed by atoms with Crippen molar-refractivity contribution < 1.29 is 9.90 Å². The second-order valence-corrected chi connectivity index (χ2v) is 6.40. The van der Waals surface area contributed by atoms with Crippen LogP contribution in [0.3, 0.4) is 0 Å². The fourth-order valence-corrected chi connectivity index (χ4v) is 3.60. The van der Waals surface area contributed by atoms with E-state index in [9.17, 15) is 9.90 Å². The van der Waals surface area contributed by atoms with Crippen molar-refractivity contribution in [1.82, 2.24) is 4.90 Å². The predicted molar refractivity (Wildman–Crippen MR) is 91.5 cm³/mol. The van der Waals surface area contributed by atoms with E-state index in [1.165, 1.54) is 11.1 Å². The fraction of sp³-hybridized carbons (Fsp3) is 0.350. The van der Waals surface area contributed by atoms with Crippen molar-refractivity contribution in [3.63, 3.8) is 0 Å². The number of rotatable bonds is 4. The van der Waals surface area contributed by atoms with E-state index in [4.69, 9.17) is 0 Å². The SMILES string of the molecule is O=C(O)N1CCC(Cc2ccccc2)CC1Cc1ccccc1. The highest BCUT2D eigenvalue weighted by molar-refractivity contribution is 5.65. The topological polar surface area (TPSA) is 40.5 Å². The fourth-order valence-electron chi connectivity index (χ4n) is 3.60. The van der Waals surface area contributed by atoms with E-state index in [2.05, 4.69) is 36.4 Å². The Morgan fingerprint density at radius 1 is 0.957 bits per heavy atom.